The number of rotatable bonds is 6. The van der Waals surface area contributed by atoms with Gasteiger partial charge in [0, 0.05) is 11.1 Å². The van der Waals surface area contributed by atoms with Crippen LogP contribution in [-0.2, 0) is 0 Å². The van der Waals surface area contributed by atoms with E-state index in [1.54, 1.807) is 7.11 Å². The van der Waals surface area contributed by atoms with Gasteiger partial charge in [0.25, 0.3) is 5.89 Å². The molecule has 0 N–H and O–H groups in total. The normalized spacial score (nSPS) is 12.0. The van der Waals surface area contributed by atoms with Crippen LogP contribution in [0.3, 0.4) is 0 Å². The first-order valence-electron chi connectivity index (χ1n) is 7.95. The maximum Gasteiger partial charge on any atom is 0.258 e. The molecule has 3 rings (SSSR count). The summed E-state index contributed by atoms with van der Waals surface area (Å²) in [5.74, 6) is 2.59. The third-order valence-corrected chi connectivity index (χ3v) is 3.77. The van der Waals surface area contributed by atoms with Crippen molar-refractivity contribution in [2.24, 2.45) is 0 Å². The Morgan fingerprint density at radius 1 is 1.04 bits per heavy atom. The van der Waals surface area contributed by atoms with Crippen molar-refractivity contribution in [1.82, 2.24) is 10.1 Å². The lowest BCUT2D eigenvalue weighted by atomic mass is 10.2. The summed E-state index contributed by atoms with van der Waals surface area (Å²) in [6.45, 7) is 4.14. The molecular formula is C19H20N2O3. The molecule has 0 saturated heterocycles. The summed E-state index contributed by atoms with van der Waals surface area (Å²) in [5.41, 5.74) is 1.70. The van der Waals surface area contributed by atoms with Crippen LogP contribution in [0.4, 0.5) is 0 Å². The first-order chi connectivity index (χ1) is 11.7. The molecule has 1 atom stereocenters. The molecule has 1 heterocycles. The molecule has 0 aliphatic heterocycles. The SMILES string of the molecule is CCC(C)Oc1ccc(-c2noc(-c3cccc(OC)c3)n2)cc1. The van der Waals surface area contributed by atoms with Gasteiger partial charge in [0.05, 0.1) is 13.2 Å². The largest absolute Gasteiger partial charge is 0.497 e. The van der Waals surface area contributed by atoms with Gasteiger partial charge in [-0.3, -0.25) is 0 Å². The van der Waals surface area contributed by atoms with E-state index in [1.807, 2.05) is 55.5 Å². The number of hydrogen-bond donors (Lipinski definition) is 0. The van der Waals surface area contributed by atoms with Crippen LogP contribution in [0.15, 0.2) is 53.1 Å². The van der Waals surface area contributed by atoms with E-state index >= 15 is 0 Å². The Kier molecular flexibility index (Phi) is 4.79. The predicted octanol–water partition coefficient (Wildman–Crippen LogP) is 4.59. The summed E-state index contributed by atoms with van der Waals surface area (Å²) in [4.78, 5) is 4.46. The highest BCUT2D eigenvalue weighted by Gasteiger charge is 2.11. The molecule has 0 bridgehead atoms. The molecular weight excluding hydrogens is 304 g/mol. The first-order valence-corrected chi connectivity index (χ1v) is 7.95. The fourth-order valence-corrected chi connectivity index (χ4v) is 2.21. The molecule has 0 saturated carbocycles. The van der Waals surface area contributed by atoms with Crippen LogP contribution in [0.5, 0.6) is 11.5 Å². The molecule has 0 aliphatic carbocycles. The van der Waals surface area contributed by atoms with E-state index in [9.17, 15) is 0 Å². The maximum atomic E-state index is 5.78. The molecule has 1 unspecified atom stereocenters. The number of ether oxygens (including phenoxy) is 2. The molecule has 0 fully saturated rings. The third kappa shape index (κ3) is 3.56. The summed E-state index contributed by atoms with van der Waals surface area (Å²) >= 11 is 0. The van der Waals surface area contributed by atoms with Crippen LogP contribution in [0.2, 0.25) is 0 Å². The lowest BCUT2D eigenvalue weighted by Gasteiger charge is -2.12. The number of hydrogen-bond acceptors (Lipinski definition) is 5. The Labute approximate surface area is 141 Å². The zero-order valence-electron chi connectivity index (χ0n) is 14.0. The minimum Gasteiger partial charge on any atom is -0.497 e. The van der Waals surface area contributed by atoms with Gasteiger partial charge >= 0.3 is 0 Å². The summed E-state index contributed by atoms with van der Waals surface area (Å²) in [6.07, 6.45) is 1.16. The van der Waals surface area contributed by atoms with E-state index in [0.717, 1.165) is 29.0 Å². The van der Waals surface area contributed by atoms with E-state index in [0.29, 0.717) is 11.7 Å². The van der Waals surface area contributed by atoms with Crippen molar-refractivity contribution in [2.75, 3.05) is 7.11 Å². The minimum absolute atomic E-state index is 0.195. The number of benzene rings is 2. The van der Waals surface area contributed by atoms with E-state index < -0.39 is 0 Å². The van der Waals surface area contributed by atoms with Gasteiger partial charge in [0.1, 0.15) is 11.5 Å². The van der Waals surface area contributed by atoms with Crippen molar-refractivity contribution < 1.29 is 14.0 Å². The number of aromatic nitrogens is 2. The second-order valence-corrected chi connectivity index (χ2v) is 5.52. The molecule has 0 amide bonds. The van der Waals surface area contributed by atoms with E-state index in [4.69, 9.17) is 14.0 Å². The van der Waals surface area contributed by atoms with Gasteiger partial charge < -0.3 is 14.0 Å². The second kappa shape index (κ2) is 7.17. The smallest absolute Gasteiger partial charge is 0.258 e. The van der Waals surface area contributed by atoms with Crippen LogP contribution >= 0.6 is 0 Å². The van der Waals surface area contributed by atoms with Gasteiger partial charge in [0.2, 0.25) is 5.82 Å². The quantitative estimate of drug-likeness (QED) is 0.664. The molecule has 0 aliphatic rings. The van der Waals surface area contributed by atoms with Gasteiger partial charge in [-0.2, -0.15) is 4.98 Å². The highest BCUT2D eigenvalue weighted by atomic mass is 16.5. The lowest BCUT2D eigenvalue weighted by molar-refractivity contribution is 0.217. The van der Waals surface area contributed by atoms with Crippen molar-refractivity contribution in [3.8, 4) is 34.3 Å². The van der Waals surface area contributed by atoms with Crippen molar-refractivity contribution in [3.63, 3.8) is 0 Å². The topological polar surface area (TPSA) is 57.4 Å². The van der Waals surface area contributed by atoms with Crippen LogP contribution in [-0.4, -0.2) is 23.4 Å². The monoisotopic (exact) mass is 324 g/mol. The zero-order chi connectivity index (χ0) is 16.9. The van der Waals surface area contributed by atoms with Crippen molar-refractivity contribution >= 4 is 0 Å². The second-order valence-electron chi connectivity index (χ2n) is 5.52. The Hall–Kier alpha value is -2.82. The van der Waals surface area contributed by atoms with Gasteiger partial charge in [-0.25, -0.2) is 0 Å². The average molecular weight is 324 g/mol. The number of methoxy groups -OCH3 is 1. The van der Waals surface area contributed by atoms with Crippen LogP contribution in [0.25, 0.3) is 22.8 Å². The summed E-state index contributed by atoms with van der Waals surface area (Å²) < 4.78 is 16.4. The van der Waals surface area contributed by atoms with Crippen molar-refractivity contribution in [3.05, 3.63) is 48.5 Å². The molecule has 5 nitrogen and oxygen atoms in total. The standard InChI is InChI=1S/C19H20N2O3/c1-4-13(2)23-16-10-8-14(9-11-16)18-20-19(24-21-18)15-6-5-7-17(12-15)22-3/h5-13H,4H2,1-3H3. The summed E-state index contributed by atoms with van der Waals surface area (Å²) in [5, 5.41) is 4.06. The van der Waals surface area contributed by atoms with Gasteiger partial charge in [0.15, 0.2) is 0 Å². The van der Waals surface area contributed by atoms with Crippen LogP contribution < -0.4 is 9.47 Å². The molecule has 2 aromatic carbocycles. The highest BCUT2D eigenvalue weighted by molar-refractivity contribution is 5.61. The maximum absolute atomic E-state index is 5.78. The fourth-order valence-electron chi connectivity index (χ4n) is 2.21. The Morgan fingerprint density at radius 3 is 2.54 bits per heavy atom. The molecule has 5 heteroatoms. The molecule has 24 heavy (non-hydrogen) atoms. The van der Waals surface area contributed by atoms with Crippen molar-refractivity contribution in [1.29, 1.82) is 0 Å². The van der Waals surface area contributed by atoms with Crippen molar-refractivity contribution in [2.45, 2.75) is 26.4 Å². The van der Waals surface area contributed by atoms with Gasteiger partial charge in [-0.15, -0.1) is 0 Å². The molecule has 1 aromatic heterocycles. The van der Waals surface area contributed by atoms with E-state index in [1.165, 1.54) is 0 Å². The van der Waals surface area contributed by atoms with Gasteiger partial charge in [-0.1, -0.05) is 18.1 Å². The molecule has 124 valence electrons. The molecule has 0 spiro atoms. The molecule has 0 radical (unpaired) electrons. The predicted molar refractivity (Wildman–Crippen MR) is 92.1 cm³/mol. The molecule has 3 aromatic rings. The van der Waals surface area contributed by atoms with E-state index in [-0.39, 0.29) is 6.10 Å². The fraction of sp³-hybridized carbons (Fsp3) is 0.263. The van der Waals surface area contributed by atoms with Crippen LogP contribution in [0, 0.1) is 0 Å². The Balaban J connectivity index is 1.80. The minimum atomic E-state index is 0.195. The lowest BCUT2D eigenvalue weighted by Crippen LogP contribution is -2.09. The van der Waals surface area contributed by atoms with E-state index in [2.05, 4.69) is 17.1 Å². The summed E-state index contributed by atoms with van der Waals surface area (Å²) in [6, 6.07) is 15.2. The third-order valence-electron chi connectivity index (χ3n) is 3.77. The van der Waals surface area contributed by atoms with Crippen LogP contribution in [0.1, 0.15) is 20.3 Å². The first kappa shape index (κ1) is 16.1. The Bertz CT molecular complexity index is 796. The number of nitrogens with zero attached hydrogens (tertiary/aromatic N) is 2. The Morgan fingerprint density at radius 2 is 1.83 bits per heavy atom. The zero-order valence-corrected chi connectivity index (χ0v) is 14.0. The average Bonchev–Trinajstić information content (AvgIpc) is 3.12. The van der Waals surface area contributed by atoms with Gasteiger partial charge in [-0.05, 0) is 55.8 Å². The summed E-state index contributed by atoms with van der Waals surface area (Å²) in [7, 11) is 1.63. The highest BCUT2D eigenvalue weighted by Crippen LogP contribution is 2.26.